The predicted molar refractivity (Wildman–Crippen MR) is 151 cm³/mol. The molecule has 0 radical (unpaired) electrons. The van der Waals surface area contributed by atoms with Crippen molar-refractivity contribution in [3.8, 4) is 17.1 Å². The van der Waals surface area contributed by atoms with Gasteiger partial charge in [0.05, 0.1) is 35.3 Å². The van der Waals surface area contributed by atoms with Gasteiger partial charge in [-0.25, -0.2) is 15.0 Å². The van der Waals surface area contributed by atoms with E-state index < -0.39 is 0 Å². The van der Waals surface area contributed by atoms with Crippen molar-refractivity contribution < 1.29 is 14.3 Å². The van der Waals surface area contributed by atoms with E-state index in [4.69, 9.17) is 19.4 Å². The SMILES string of the molecule is CCC(C)(C)NC(=O)COc1cccc(-c2nc(Nc3ccc(N4CCOCC4)nc3)c3sccc3n2)c1. The molecule has 1 aromatic carbocycles. The fourth-order valence-electron chi connectivity index (χ4n) is 4.03. The molecule has 3 aromatic heterocycles. The standard InChI is InChI=1S/C28H32N6O3S/c1-4-28(2,3)33-24(35)18-37-21-7-5-6-19(16-21)26-31-22-10-15-38-25(22)27(32-26)30-20-8-9-23(29-17-20)34-11-13-36-14-12-34/h5-10,15-17H,4,11-14,18H2,1-3H3,(H,33,35)(H,30,31,32). The van der Waals surface area contributed by atoms with Gasteiger partial charge in [-0.15, -0.1) is 11.3 Å². The van der Waals surface area contributed by atoms with Crippen molar-refractivity contribution in [3.63, 3.8) is 0 Å². The van der Waals surface area contributed by atoms with Crippen LogP contribution in [0.15, 0.2) is 54.0 Å². The molecule has 1 amide bonds. The number of hydrogen-bond donors (Lipinski definition) is 2. The number of amides is 1. The van der Waals surface area contributed by atoms with Crippen LogP contribution >= 0.6 is 11.3 Å². The van der Waals surface area contributed by atoms with Gasteiger partial charge in [0.15, 0.2) is 18.2 Å². The summed E-state index contributed by atoms with van der Waals surface area (Å²) in [5.41, 5.74) is 2.23. The van der Waals surface area contributed by atoms with Crippen molar-refractivity contribution >= 4 is 44.8 Å². The van der Waals surface area contributed by atoms with Gasteiger partial charge in [0, 0.05) is 24.2 Å². The summed E-state index contributed by atoms with van der Waals surface area (Å²) in [7, 11) is 0. The number of anilines is 3. The summed E-state index contributed by atoms with van der Waals surface area (Å²) in [5.74, 6) is 2.65. The van der Waals surface area contributed by atoms with Gasteiger partial charge in [-0.1, -0.05) is 19.1 Å². The van der Waals surface area contributed by atoms with Crippen LogP contribution in [0, 0.1) is 0 Å². The Kier molecular flexibility index (Phi) is 7.71. The van der Waals surface area contributed by atoms with Gasteiger partial charge in [0.2, 0.25) is 0 Å². The number of morpholine rings is 1. The van der Waals surface area contributed by atoms with Crippen LogP contribution in [0.25, 0.3) is 21.6 Å². The number of hydrogen-bond acceptors (Lipinski definition) is 9. The number of benzene rings is 1. The quantitative estimate of drug-likeness (QED) is 0.310. The molecule has 10 heteroatoms. The summed E-state index contributed by atoms with van der Waals surface area (Å²) < 4.78 is 12.2. The first-order chi connectivity index (χ1) is 18.4. The Morgan fingerprint density at radius 3 is 2.76 bits per heavy atom. The number of carbonyl (C=O) groups excluding carboxylic acids is 1. The molecule has 0 saturated carbocycles. The van der Waals surface area contributed by atoms with E-state index in [2.05, 4.69) is 20.5 Å². The summed E-state index contributed by atoms with van der Waals surface area (Å²) in [6, 6.07) is 13.5. The molecule has 4 aromatic rings. The van der Waals surface area contributed by atoms with Crippen molar-refractivity contribution in [1.82, 2.24) is 20.3 Å². The summed E-state index contributed by atoms with van der Waals surface area (Å²) in [6.07, 6.45) is 2.66. The highest BCUT2D eigenvalue weighted by molar-refractivity contribution is 7.17. The molecule has 1 fully saturated rings. The Morgan fingerprint density at radius 2 is 2.00 bits per heavy atom. The van der Waals surface area contributed by atoms with E-state index in [1.54, 1.807) is 11.3 Å². The second-order valence-electron chi connectivity index (χ2n) is 9.76. The lowest BCUT2D eigenvalue weighted by atomic mass is 10.0. The van der Waals surface area contributed by atoms with E-state index in [1.807, 2.05) is 74.8 Å². The molecule has 1 saturated heterocycles. The smallest absolute Gasteiger partial charge is 0.258 e. The first-order valence-electron chi connectivity index (χ1n) is 12.8. The highest BCUT2D eigenvalue weighted by atomic mass is 32.1. The Balaban J connectivity index is 1.33. The molecular weight excluding hydrogens is 500 g/mol. The van der Waals surface area contributed by atoms with E-state index in [-0.39, 0.29) is 18.1 Å². The Hall–Kier alpha value is -3.76. The molecule has 1 aliphatic heterocycles. The normalized spacial score (nSPS) is 13.9. The Labute approximate surface area is 226 Å². The molecule has 0 atom stereocenters. The maximum Gasteiger partial charge on any atom is 0.258 e. The van der Waals surface area contributed by atoms with Crippen LogP contribution in [-0.4, -0.2) is 59.3 Å². The summed E-state index contributed by atoms with van der Waals surface area (Å²) in [4.78, 5) is 28.8. The second-order valence-corrected chi connectivity index (χ2v) is 10.7. The molecular formula is C28H32N6O3S. The van der Waals surface area contributed by atoms with Gasteiger partial charge in [0.25, 0.3) is 5.91 Å². The molecule has 0 aliphatic carbocycles. The number of carbonyl (C=O) groups is 1. The van der Waals surface area contributed by atoms with Crippen LogP contribution in [0.4, 0.5) is 17.3 Å². The number of pyridine rings is 1. The summed E-state index contributed by atoms with van der Waals surface area (Å²) in [6.45, 7) is 9.08. The maximum absolute atomic E-state index is 12.3. The number of nitrogens with one attached hydrogen (secondary N) is 2. The zero-order chi connectivity index (χ0) is 26.5. The monoisotopic (exact) mass is 532 g/mol. The fraction of sp³-hybridized carbons (Fsp3) is 0.357. The number of fused-ring (bicyclic) bond motifs is 1. The fourth-order valence-corrected chi connectivity index (χ4v) is 4.81. The first-order valence-corrected chi connectivity index (χ1v) is 13.6. The Bertz CT molecular complexity index is 1400. The number of rotatable bonds is 9. The van der Waals surface area contributed by atoms with Gasteiger partial charge < -0.3 is 25.0 Å². The molecule has 2 N–H and O–H groups in total. The Morgan fingerprint density at radius 1 is 1.16 bits per heavy atom. The van der Waals surface area contributed by atoms with Crippen molar-refractivity contribution in [2.75, 3.05) is 43.1 Å². The van der Waals surface area contributed by atoms with Crippen molar-refractivity contribution in [2.45, 2.75) is 32.7 Å². The van der Waals surface area contributed by atoms with Crippen molar-refractivity contribution in [3.05, 3.63) is 54.0 Å². The number of ether oxygens (including phenoxy) is 2. The van der Waals surface area contributed by atoms with E-state index in [9.17, 15) is 4.79 Å². The molecule has 4 heterocycles. The zero-order valence-electron chi connectivity index (χ0n) is 21.9. The molecule has 1 aliphatic rings. The minimum atomic E-state index is -0.270. The van der Waals surface area contributed by atoms with Crippen LogP contribution in [0.3, 0.4) is 0 Å². The van der Waals surface area contributed by atoms with E-state index in [0.717, 1.165) is 60.0 Å². The van der Waals surface area contributed by atoms with E-state index in [1.165, 1.54) is 0 Å². The molecule has 198 valence electrons. The molecule has 0 bridgehead atoms. The minimum Gasteiger partial charge on any atom is -0.484 e. The van der Waals surface area contributed by atoms with Gasteiger partial charge >= 0.3 is 0 Å². The van der Waals surface area contributed by atoms with E-state index >= 15 is 0 Å². The third kappa shape index (κ3) is 6.20. The van der Waals surface area contributed by atoms with Crippen LogP contribution < -0.4 is 20.3 Å². The van der Waals surface area contributed by atoms with Crippen LogP contribution in [0.2, 0.25) is 0 Å². The van der Waals surface area contributed by atoms with Gasteiger partial charge in [-0.3, -0.25) is 4.79 Å². The third-order valence-electron chi connectivity index (χ3n) is 6.47. The molecule has 38 heavy (non-hydrogen) atoms. The van der Waals surface area contributed by atoms with Crippen LogP contribution in [-0.2, 0) is 9.53 Å². The van der Waals surface area contributed by atoms with E-state index in [0.29, 0.717) is 17.4 Å². The van der Waals surface area contributed by atoms with Gasteiger partial charge in [0.1, 0.15) is 11.6 Å². The van der Waals surface area contributed by atoms with Crippen LogP contribution in [0.5, 0.6) is 5.75 Å². The maximum atomic E-state index is 12.3. The van der Waals surface area contributed by atoms with Gasteiger partial charge in [-0.2, -0.15) is 0 Å². The second kappa shape index (κ2) is 11.3. The zero-order valence-corrected chi connectivity index (χ0v) is 22.7. The van der Waals surface area contributed by atoms with Gasteiger partial charge in [-0.05, 0) is 56.0 Å². The average Bonchev–Trinajstić information content (AvgIpc) is 3.42. The topological polar surface area (TPSA) is 102 Å². The molecule has 0 spiro atoms. The largest absolute Gasteiger partial charge is 0.484 e. The highest BCUT2D eigenvalue weighted by Gasteiger charge is 2.18. The molecule has 5 rings (SSSR count). The lowest BCUT2D eigenvalue weighted by Gasteiger charge is -2.27. The van der Waals surface area contributed by atoms with Crippen LogP contribution in [0.1, 0.15) is 27.2 Å². The summed E-state index contributed by atoms with van der Waals surface area (Å²) >= 11 is 1.58. The predicted octanol–water partition coefficient (Wildman–Crippen LogP) is 5.02. The number of nitrogens with zero attached hydrogens (tertiary/aromatic N) is 4. The highest BCUT2D eigenvalue weighted by Crippen LogP contribution is 2.32. The lowest BCUT2D eigenvalue weighted by Crippen LogP contribution is -2.44. The third-order valence-corrected chi connectivity index (χ3v) is 7.38. The number of thiophene rings is 1. The molecule has 0 unspecified atom stereocenters. The van der Waals surface area contributed by atoms with Crippen molar-refractivity contribution in [2.24, 2.45) is 0 Å². The number of aromatic nitrogens is 3. The molecule has 9 nitrogen and oxygen atoms in total. The summed E-state index contributed by atoms with van der Waals surface area (Å²) in [5, 5.41) is 8.41. The average molecular weight is 533 g/mol. The van der Waals surface area contributed by atoms with Crippen molar-refractivity contribution in [1.29, 1.82) is 0 Å². The lowest BCUT2D eigenvalue weighted by molar-refractivity contribution is -0.124. The first kappa shape index (κ1) is 25.9. The minimum absolute atomic E-state index is 0.0580.